The number of aromatic nitrogens is 1. The fourth-order valence-corrected chi connectivity index (χ4v) is 4.73. The summed E-state index contributed by atoms with van der Waals surface area (Å²) in [5.74, 6) is -0.803. The summed E-state index contributed by atoms with van der Waals surface area (Å²) in [6.07, 6.45) is 0.503. The first-order chi connectivity index (χ1) is 13.5. The van der Waals surface area contributed by atoms with Gasteiger partial charge in [0.25, 0.3) is 10.7 Å². The number of rotatable bonds is 6. The number of fused-ring (bicyclic) bond motifs is 1. The predicted molar refractivity (Wildman–Crippen MR) is 101 cm³/mol. The lowest BCUT2D eigenvalue weighted by Crippen LogP contribution is -2.46. The van der Waals surface area contributed by atoms with Crippen LogP contribution in [0.2, 0.25) is 0 Å². The summed E-state index contributed by atoms with van der Waals surface area (Å²) >= 11 is 1.45. The number of aryl methyl sites for hydroxylation is 1. The van der Waals surface area contributed by atoms with E-state index >= 15 is 0 Å². The van der Waals surface area contributed by atoms with E-state index < -0.39 is 29.8 Å². The largest absolute Gasteiger partial charge is 0.374 e. The second-order valence-corrected chi connectivity index (χ2v) is 8.28. The molecule has 3 heterocycles. The Morgan fingerprint density at radius 1 is 1.25 bits per heavy atom. The van der Waals surface area contributed by atoms with Gasteiger partial charge in [-0.05, 0) is 30.1 Å². The summed E-state index contributed by atoms with van der Waals surface area (Å²) in [6.45, 7) is 4.46. The van der Waals surface area contributed by atoms with Crippen molar-refractivity contribution in [3.8, 4) is 0 Å². The monoisotopic (exact) mass is 403 g/mol. The summed E-state index contributed by atoms with van der Waals surface area (Å²) in [4.78, 5) is 3.07. The molecule has 2 saturated heterocycles. The van der Waals surface area contributed by atoms with Crippen molar-refractivity contribution in [3.05, 3.63) is 62.9 Å². The first kappa shape index (κ1) is 19.3. The zero-order valence-corrected chi connectivity index (χ0v) is 16.8. The van der Waals surface area contributed by atoms with Crippen LogP contribution < -0.4 is 4.57 Å². The van der Waals surface area contributed by atoms with Gasteiger partial charge in [0.1, 0.15) is 25.4 Å². The molecule has 4 rings (SSSR count). The highest BCUT2D eigenvalue weighted by Crippen LogP contribution is 2.50. The summed E-state index contributed by atoms with van der Waals surface area (Å²) in [6, 6.07) is 9.93. The van der Waals surface area contributed by atoms with Gasteiger partial charge in [0.15, 0.2) is 12.0 Å². The van der Waals surface area contributed by atoms with Crippen LogP contribution in [0.3, 0.4) is 0 Å². The van der Waals surface area contributed by atoms with Gasteiger partial charge in [-0.15, -0.1) is 0 Å². The maximum absolute atomic E-state index is 9.29. The molecule has 0 bridgehead atoms. The molecule has 2 fully saturated rings. The number of ether oxygens (including phenoxy) is 4. The third kappa shape index (κ3) is 3.41. The van der Waals surface area contributed by atoms with Gasteiger partial charge in [-0.1, -0.05) is 41.7 Å². The minimum atomic E-state index is -1.29. The van der Waals surface area contributed by atoms with Gasteiger partial charge < -0.3 is 18.9 Å². The van der Waals surface area contributed by atoms with Crippen molar-refractivity contribution in [2.75, 3.05) is 6.61 Å². The predicted octanol–water partition coefficient (Wildman–Crippen LogP) is 3.17. The molecular formula is C19H23N4O4S+. The summed E-state index contributed by atoms with van der Waals surface area (Å²) in [5.41, 5.74) is 9.07. The minimum absolute atomic E-state index is 0.299. The van der Waals surface area contributed by atoms with E-state index in [4.69, 9.17) is 18.9 Å². The average Bonchev–Trinajstić information content (AvgIpc) is 3.30. The van der Waals surface area contributed by atoms with Crippen molar-refractivity contribution in [2.24, 2.45) is 12.2 Å². The summed E-state index contributed by atoms with van der Waals surface area (Å²) < 4.78 is 26.3. The van der Waals surface area contributed by atoms with Crippen LogP contribution in [0.5, 0.6) is 0 Å². The Balaban J connectivity index is 1.60. The van der Waals surface area contributed by atoms with Crippen molar-refractivity contribution >= 4 is 11.3 Å². The van der Waals surface area contributed by atoms with Gasteiger partial charge in [-0.25, -0.2) is 0 Å². The van der Waals surface area contributed by atoms with Crippen LogP contribution in [0.1, 0.15) is 24.4 Å². The fraction of sp³-hybridized carbons (Fsp3) is 0.526. The lowest BCUT2D eigenvalue weighted by Gasteiger charge is -2.27. The second kappa shape index (κ2) is 7.44. The first-order valence-electron chi connectivity index (χ1n) is 9.10. The van der Waals surface area contributed by atoms with Crippen LogP contribution in [-0.4, -0.2) is 30.7 Å². The van der Waals surface area contributed by atoms with Crippen molar-refractivity contribution in [1.29, 1.82) is 0 Å². The van der Waals surface area contributed by atoms with Crippen LogP contribution in [-0.2, 0) is 38.3 Å². The van der Waals surface area contributed by atoms with E-state index in [0.717, 1.165) is 10.6 Å². The second-order valence-electron chi connectivity index (χ2n) is 7.38. The van der Waals surface area contributed by atoms with E-state index in [9.17, 15) is 5.53 Å². The molecule has 28 heavy (non-hydrogen) atoms. The Hall–Kier alpha value is -2.00. The molecule has 4 atom stereocenters. The van der Waals surface area contributed by atoms with Crippen LogP contribution in [0.4, 0.5) is 0 Å². The number of thiazole rings is 1. The molecule has 8 nitrogen and oxygen atoms in total. The summed E-state index contributed by atoms with van der Waals surface area (Å²) in [5, 5.41) is 6.75. The van der Waals surface area contributed by atoms with E-state index in [2.05, 4.69) is 10.0 Å². The Morgan fingerprint density at radius 3 is 2.71 bits per heavy atom. The van der Waals surface area contributed by atoms with Gasteiger partial charge in [0, 0.05) is 4.91 Å². The average molecular weight is 403 g/mol. The number of benzene rings is 1. The van der Waals surface area contributed by atoms with Gasteiger partial charge in [-0.2, -0.15) is 4.57 Å². The third-order valence-corrected chi connectivity index (χ3v) is 5.95. The molecule has 148 valence electrons. The topological polar surface area (TPSA) is 89.6 Å². The number of hydrogen-bond donors (Lipinski definition) is 0. The lowest BCUT2D eigenvalue weighted by atomic mass is 10.0. The zero-order chi connectivity index (χ0) is 19.8. The van der Waals surface area contributed by atoms with Crippen molar-refractivity contribution < 1.29 is 23.5 Å². The number of azide groups is 1. The maximum Gasteiger partial charge on any atom is 0.278 e. The Morgan fingerprint density at radius 2 is 2.04 bits per heavy atom. The SMILES string of the molecule is C[n+]1ccsc1[C@@]1(N=[N+]=[N-])O[C@H](COCc2ccccc2)[C@H]2OC(C)(C)O[C@H]21. The molecule has 0 radical (unpaired) electrons. The zero-order valence-electron chi connectivity index (χ0n) is 16.0. The van der Waals surface area contributed by atoms with Gasteiger partial charge >= 0.3 is 0 Å². The molecule has 2 aromatic rings. The molecule has 0 amide bonds. The molecule has 0 N–H and O–H groups in total. The van der Waals surface area contributed by atoms with E-state index in [1.54, 1.807) is 0 Å². The molecule has 0 saturated carbocycles. The van der Waals surface area contributed by atoms with Crippen molar-refractivity contribution in [1.82, 2.24) is 0 Å². The molecular weight excluding hydrogens is 380 g/mol. The molecule has 2 aliphatic rings. The van der Waals surface area contributed by atoms with E-state index in [-0.39, 0.29) is 0 Å². The van der Waals surface area contributed by atoms with Crippen molar-refractivity contribution in [2.45, 2.75) is 50.3 Å². The highest BCUT2D eigenvalue weighted by molar-refractivity contribution is 7.09. The smallest absolute Gasteiger partial charge is 0.278 e. The van der Waals surface area contributed by atoms with Crippen LogP contribution in [0.25, 0.3) is 10.4 Å². The quantitative estimate of drug-likeness (QED) is 0.321. The van der Waals surface area contributed by atoms with Crippen molar-refractivity contribution in [3.63, 3.8) is 0 Å². The minimum Gasteiger partial charge on any atom is -0.374 e. The molecule has 0 aliphatic carbocycles. The fourth-order valence-electron chi connectivity index (χ4n) is 3.76. The lowest BCUT2D eigenvalue weighted by molar-refractivity contribution is -0.681. The van der Waals surface area contributed by atoms with E-state index in [1.165, 1.54) is 11.3 Å². The van der Waals surface area contributed by atoms with Crippen LogP contribution in [0, 0.1) is 0 Å². The van der Waals surface area contributed by atoms with Gasteiger partial charge in [0.2, 0.25) is 0 Å². The van der Waals surface area contributed by atoms with Crippen LogP contribution >= 0.6 is 11.3 Å². The van der Waals surface area contributed by atoms with E-state index in [1.807, 2.05) is 67.4 Å². The molecule has 1 aromatic carbocycles. The summed E-state index contributed by atoms with van der Waals surface area (Å²) in [7, 11) is 1.89. The molecule has 0 spiro atoms. The Kier molecular flexibility index (Phi) is 5.13. The van der Waals surface area contributed by atoms with E-state index in [0.29, 0.717) is 13.2 Å². The highest BCUT2D eigenvalue weighted by atomic mass is 32.1. The maximum atomic E-state index is 9.29. The number of nitrogens with zero attached hydrogens (tertiary/aromatic N) is 4. The molecule has 1 aromatic heterocycles. The third-order valence-electron chi connectivity index (χ3n) is 4.89. The van der Waals surface area contributed by atoms with Crippen LogP contribution in [0.15, 0.2) is 47.0 Å². The molecule has 0 unspecified atom stereocenters. The van der Waals surface area contributed by atoms with Gasteiger partial charge in [0.05, 0.1) is 18.6 Å². The normalized spacial score (nSPS) is 30.8. The highest BCUT2D eigenvalue weighted by Gasteiger charge is 2.67. The molecule has 2 aliphatic heterocycles. The standard InChI is InChI=1S/C19H23N4O4S/c1-18(2)26-15-14(12-24-11-13-7-5-4-6-8-13)25-19(21-22-20,16(15)27-18)17-23(3)9-10-28-17/h4-10,14-16H,11-12H2,1-3H3/q+1/t14-,15-,16-,19+/m1/s1. The number of hydrogen-bond acceptors (Lipinski definition) is 6. The van der Waals surface area contributed by atoms with Gasteiger partial charge in [-0.3, -0.25) is 0 Å². The Bertz CT molecular complexity index is 883. The Labute approximate surface area is 167 Å². The first-order valence-corrected chi connectivity index (χ1v) is 9.98. The molecule has 9 heteroatoms.